The highest BCUT2D eigenvalue weighted by Crippen LogP contribution is 2.33. The number of unbranched alkanes of at least 4 members (excludes halogenated alkanes) is 27. The average Bonchev–Trinajstić information content (AvgIpc) is 0.851. The van der Waals surface area contributed by atoms with Crippen molar-refractivity contribution in [1.29, 1.82) is 0 Å². The van der Waals surface area contributed by atoms with E-state index in [-0.39, 0.29) is 18.9 Å². The maximum atomic E-state index is 13.3. The zero-order chi connectivity index (χ0) is 65.4. The number of hydrogen-bond donors (Lipinski definition) is 12. The van der Waals surface area contributed by atoms with E-state index in [9.17, 15) is 61.0 Å². The van der Waals surface area contributed by atoms with Crippen molar-refractivity contribution in [2.24, 2.45) is 0 Å². The second kappa shape index (κ2) is 52.5. The highest BCUT2D eigenvalue weighted by atomic mass is 16.8. The van der Waals surface area contributed by atoms with Crippen LogP contribution in [0.2, 0.25) is 0 Å². The Bertz CT molecular complexity index is 1920. The molecular weight excluding hydrogens is 1150 g/mol. The van der Waals surface area contributed by atoms with Gasteiger partial charge in [-0.05, 0) is 77.0 Å². The van der Waals surface area contributed by atoms with E-state index in [1.54, 1.807) is 6.08 Å². The van der Waals surface area contributed by atoms with Crippen molar-refractivity contribution in [2.45, 2.75) is 343 Å². The molecule has 19 heteroatoms. The van der Waals surface area contributed by atoms with Crippen molar-refractivity contribution >= 4 is 5.91 Å². The summed E-state index contributed by atoms with van der Waals surface area (Å²) in [4.78, 5) is 13.3. The molecular formula is C71H125NO18. The molecule has 0 aromatic rings. The van der Waals surface area contributed by atoms with Crippen molar-refractivity contribution < 1.29 is 89.4 Å². The molecule has 17 atom stereocenters. The summed E-state index contributed by atoms with van der Waals surface area (Å²) in [6, 6.07) is -1.02. The fourth-order valence-corrected chi connectivity index (χ4v) is 11.5. The van der Waals surface area contributed by atoms with Crippen LogP contribution in [0.3, 0.4) is 0 Å². The van der Waals surface area contributed by atoms with Crippen LogP contribution >= 0.6 is 0 Å². The van der Waals surface area contributed by atoms with E-state index in [2.05, 4.69) is 79.9 Å². The number of rotatable bonds is 53. The van der Waals surface area contributed by atoms with Crippen molar-refractivity contribution in [3.63, 3.8) is 0 Å². The summed E-state index contributed by atoms with van der Waals surface area (Å²) >= 11 is 0. The van der Waals surface area contributed by atoms with E-state index >= 15 is 0 Å². The van der Waals surface area contributed by atoms with Crippen molar-refractivity contribution in [2.75, 3.05) is 26.4 Å². The van der Waals surface area contributed by atoms with Crippen molar-refractivity contribution in [1.82, 2.24) is 5.32 Å². The molecule has 12 N–H and O–H groups in total. The summed E-state index contributed by atoms with van der Waals surface area (Å²) in [5.41, 5.74) is 0. The molecule has 3 aliphatic rings. The topological polar surface area (TPSA) is 307 Å². The summed E-state index contributed by atoms with van der Waals surface area (Å²) in [5.74, 6) is -0.320. The van der Waals surface area contributed by atoms with Gasteiger partial charge in [-0.3, -0.25) is 4.79 Å². The molecule has 0 aromatic carbocycles. The fraction of sp³-hybridized carbons (Fsp3) is 0.817. The van der Waals surface area contributed by atoms with Gasteiger partial charge in [0.15, 0.2) is 18.9 Å². The molecule has 0 bridgehead atoms. The number of nitrogens with one attached hydrogen (secondary N) is 1. The van der Waals surface area contributed by atoms with Gasteiger partial charge >= 0.3 is 0 Å². The monoisotopic (exact) mass is 1280 g/mol. The molecule has 0 radical (unpaired) electrons. The Morgan fingerprint density at radius 3 is 1.24 bits per heavy atom. The highest BCUT2D eigenvalue weighted by molar-refractivity contribution is 5.76. The molecule has 3 rings (SSSR count). The third-order valence-electron chi connectivity index (χ3n) is 17.2. The van der Waals surface area contributed by atoms with Gasteiger partial charge in [0.05, 0.1) is 38.6 Å². The number of carbonyl (C=O) groups is 1. The summed E-state index contributed by atoms with van der Waals surface area (Å²) in [5, 5.41) is 120. The Kier molecular flexibility index (Phi) is 47.5. The summed E-state index contributed by atoms with van der Waals surface area (Å²) in [6.07, 6.45) is 39.2. The van der Waals surface area contributed by atoms with Gasteiger partial charge in [-0.2, -0.15) is 0 Å². The van der Waals surface area contributed by atoms with Crippen LogP contribution in [0, 0.1) is 0 Å². The molecule has 3 fully saturated rings. The lowest BCUT2D eigenvalue weighted by molar-refractivity contribution is -0.379. The molecule has 90 heavy (non-hydrogen) atoms. The molecule has 3 saturated heterocycles. The zero-order valence-electron chi connectivity index (χ0n) is 55.1. The quantitative estimate of drug-likeness (QED) is 0.0199. The SMILES string of the molecule is CC/C=C\C/C=C\C/C=C\CCCCCC(=O)NC(COC1OC(CO)C(OC2OC(CO)C(OC3OC(CO)C(O)C(O)C3O)C(O)C2O)C(O)C1O)C(O)/C=C/CC/C=C/CC/C=C/CCCCCCCCCCCCCCCCCCCCCCCC. The standard InChI is InChI=1S/C71H125NO18/c1-3-5-7-9-11-13-15-17-18-19-20-21-22-23-24-25-26-27-28-29-30-31-32-33-34-35-37-38-40-42-44-46-48-55(76)54(72-59(77)49-47-45-43-41-39-36-16-14-12-10-8-6-4-2)53-85-69-65(83)62(80)67(57(51-74)87-69)90-71-66(84)63(81)68(58(52-75)88-71)89-70-64(82)61(79)60(78)56(50-73)86-70/h6,8,12,14,33-34,36,38-40,46,48,54-58,60-71,73-76,78-84H,3-5,7,9-11,13,15-32,35,37,41-45,47,49-53H2,1-2H3,(H,72,77)/b8-6-,14-12-,34-33+,39-36-,40-38+,48-46+. The third kappa shape index (κ3) is 34.1. The number of ether oxygens (including phenoxy) is 6. The van der Waals surface area contributed by atoms with Gasteiger partial charge in [0.1, 0.15) is 73.2 Å². The predicted molar refractivity (Wildman–Crippen MR) is 351 cm³/mol. The average molecular weight is 1280 g/mol. The lowest BCUT2D eigenvalue weighted by atomic mass is 9.96. The minimum absolute atomic E-state index is 0.193. The second-order valence-corrected chi connectivity index (χ2v) is 24.9. The molecule has 17 unspecified atom stereocenters. The maximum absolute atomic E-state index is 13.3. The number of carbonyl (C=O) groups excluding carboxylic acids is 1. The first-order valence-electron chi connectivity index (χ1n) is 35.2. The van der Waals surface area contributed by atoms with E-state index in [1.165, 1.54) is 141 Å². The van der Waals surface area contributed by atoms with E-state index < -0.39 is 124 Å². The van der Waals surface area contributed by atoms with Gasteiger partial charge in [0.2, 0.25) is 5.91 Å². The number of allylic oxidation sites excluding steroid dienone is 11. The molecule has 3 heterocycles. The van der Waals surface area contributed by atoms with Gasteiger partial charge in [0.25, 0.3) is 0 Å². The van der Waals surface area contributed by atoms with Gasteiger partial charge in [-0.25, -0.2) is 0 Å². The van der Waals surface area contributed by atoms with Crippen LogP contribution in [-0.2, 0) is 33.2 Å². The summed E-state index contributed by atoms with van der Waals surface area (Å²) < 4.78 is 34.3. The fourth-order valence-electron chi connectivity index (χ4n) is 11.5. The maximum Gasteiger partial charge on any atom is 0.220 e. The number of amides is 1. The lowest BCUT2D eigenvalue weighted by Crippen LogP contribution is -2.66. The third-order valence-corrected chi connectivity index (χ3v) is 17.2. The Labute approximate surface area is 540 Å². The van der Waals surface area contributed by atoms with Crippen LogP contribution in [0.25, 0.3) is 0 Å². The van der Waals surface area contributed by atoms with Crippen LogP contribution in [0.5, 0.6) is 0 Å². The Balaban J connectivity index is 1.41. The van der Waals surface area contributed by atoms with Crippen LogP contribution in [0.15, 0.2) is 72.9 Å². The van der Waals surface area contributed by atoms with Gasteiger partial charge in [-0.1, -0.05) is 228 Å². The first-order valence-corrected chi connectivity index (χ1v) is 35.2. The molecule has 0 spiro atoms. The van der Waals surface area contributed by atoms with E-state index in [1.807, 2.05) is 6.08 Å². The normalized spacial score (nSPS) is 28.5. The number of aliphatic hydroxyl groups excluding tert-OH is 11. The Hall–Kier alpha value is -2.77. The minimum atomic E-state index is -1.99. The van der Waals surface area contributed by atoms with Gasteiger partial charge < -0.3 is 89.9 Å². The summed E-state index contributed by atoms with van der Waals surface area (Å²) in [6.45, 7) is 1.56. The highest BCUT2D eigenvalue weighted by Gasteiger charge is 2.53. The van der Waals surface area contributed by atoms with Gasteiger partial charge in [-0.15, -0.1) is 0 Å². The second-order valence-electron chi connectivity index (χ2n) is 24.9. The van der Waals surface area contributed by atoms with Crippen molar-refractivity contribution in [3.8, 4) is 0 Å². The Morgan fingerprint density at radius 1 is 0.411 bits per heavy atom. The molecule has 1 amide bonds. The smallest absolute Gasteiger partial charge is 0.220 e. The first-order chi connectivity index (χ1) is 43.8. The lowest BCUT2D eigenvalue weighted by Gasteiger charge is -2.48. The largest absolute Gasteiger partial charge is 0.394 e. The minimum Gasteiger partial charge on any atom is -0.394 e. The molecule has 3 aliphatic heterocycles. The van der Waals surface area contributed by atoms with Crippen LogP contribution in [0.1, 0.15) is 239 Å². The molecule has 19 nitrogen and oxygen atoms in total. The number of hydrogen-bond acceptors (Lipinski definition) is 18. The predicted octanol–water partition coefficient (Wildman–Crippen LogP) is 9.33. The van der Waals surface area contributed by atoms with Crippen LogP contribution in [-0.4, -0.2) is 193 Å². The van der Waals surface area contributed by atoms with E-state index in [4.69, 9.17) is 28.4 Å². The van der Waals surface area contributed by atoms with Crippen LogP contribution < -0.4 is 5.32 Å². The van der Waals surface area contributed by atoms with E-state index in [0.29, 0.717) is 12.8 Å². The van der Waals surface area contributed by atoms with Crippen molar-refractivity contribution in [3.05, 3.63) is 72.9 Å². The first kappa shape index (κ1) is 81.5. The molecule has 0 saturated carbocycles. The summed E-state index contributed by atoms with van der Waals surface area (Å²) in [7, 11) is 0. The van der Waals surface area contributed by atoms with Gasteiger partial charge in [0, 0.05) is 6.42 Å². The zero-order valence-corrected chi connectivity index (χ0v) is 55.1. The van der Waals surface area contributed by atoms with Crippen LogP contribution in [0.4, 0.5) is 0 Å². The van der Waals surface area contributed by atoms with E-state index in [0.717, 1.165) is 64.2 Å². The molecule has 522 valence electrons. The number of aliphatic hydroxyl groups is 11. The molecule has 0 aliphatic carbocycles. The Morgan fingerprint density at radius 2 is 0.778 bits per heavy atom. The molecule has 0 aromatic heterocycles.